The maximum atomic E-state index is 13.3. The molecule has 4 rings (SSSR count). The van der Waals surface area contributed by atoms with Crippen LogP contribution in [0.2, 0.25) is 0 Å². The van der Waals surface area contributed by atoms with Crippen LogP contribution in [0.4, 0.5) is 11.6 Å². The molecule has 2 heterocycles. The maximum absolute atomic E-state index is 13.3. The largest absolute Gasteiger partial charge is 0.372 e. The molecule has 166 valence electrons. The van der Waals surface area contributed by atoms with E-state index in [0.29, 0.717) is 6.42 Å². The number of nitrogens with zero attached hydrogens (tertiary/aromatic N) is 4. The minimum Gasteiger partial charge on any atom is -0.372 e. The van der Waals surface area contributed by atoms with Gasteiger partial charge in [0.2, 0.25) is 11.1 Å². The van der Waals surface area contributed by atoms with Crippen molar-refractivity contribution in [3.63, 3.8) is 0 Å². The highest BCUT2D eigenvalue weighted by atomic mass is 32.2. The molecule has 1 aromatic carbocycles. The van der Waals surface area contributed by atoms with Crippen LogP contribution >= 0.6 is 11.8 Å². The number of fused-ring (bicyclic) bond motifs is 1. The van der Waals surface area contributed by atoms with Crippen LogP contribution in [-0.2, 0) is 4.79 Å². The first kappa shape index (κ1) is 21.9. The maximum Gasteiger partial charge on any atom is 0.227 e. The van der Waals surface area contributed by atoms with Gasteiger partial charge in [0.1, 0.15) is 6.04 Å². The molecule has 1 unspecified atom stereocenters. The van der Waals surface area contributed by atoms with Crippen molar-refractivity contribution in [3.8, 4) is 0 Å². The van der Waals surface area contributed by atoms with E-state index in [0.717, 1.165) is 59.6 Å². The second-order valence-corrected chi connectivity index (χ2v) is 10.2. The van der Waals surface area contributed by atoms with Crippen molar-refractivity contribution in [1.82, 2.24) is 14.8 Å². The highest BCUT2D eigenvalue weighted by Gasteiger charge is 2.41. The van der Waals surface area contributed by atoms with Crippen molar-refractivity contribution < 1.29 is 4.79 Å². The predicted octanol–water partition coefficient (Wildman–Crippen LogP) is 5.28. The van der Waals surface area contributed by atoms with E-state index in [1.807, 2.05) is 4.68 Å². The number of hydrogen-bond donors (Lipinski definition) is 1. The summed E-state index contributed by atoms with van der Waals surface area (Å²) >= 11 is 1.66. The lowest BCUT2D eigenvalue weighted by Crippen LogP contribution is -2.36. The second kappa shape index (κ2) is 8.69. The lowest BCUT2D eigenvalue weighted by atomic mass is 9.73. The molecule has 1 N–H and O–H groups in total. The van der Waals surface area contributed by atoms with E-state index in [1.54, 1.807) is 11.8 Å². The number of thioether (sulfide) groups is 1. The van der Waals surface area contributed by atoms with E-state index in [-0.39, 0.29) is 17.2 Å². The fourth-order valence-electron chi connectivity index (χ4n) is 4.61. The van der Waals surface area contributed by atoms with Gasteiger partial charge in [0, 0.05) is 42.2 Å². The molecule has 0 saturated carbocycles. The molecular formula is C24H33N5OS. The SMILES string of the molecule is CCCSc1nc2n(n1)C(c1ccc(N(CC)CC)cc1)C1=C(CC(C)(C)CC1=O)N2. The summed E-state index contributed by atoms with van der Waals surface area (Å²) in [5.74, 6) is 1.92. The standard InChI is InChI=1S/C24H33N5OS/c1-6-13-31-23-26-22-25-18-14-24(4,5)15-19(30)20(18)21(29(22)27-23)16-9-11-17(12-10-16)28(7-2)8-3/h9-12,21H,6-8,13-15H2,1-5H3,(H,25,26,27). The number of rotatable bonds is 7. The summed E-state index contributed by atoms with van der Waals surface area (Å²) in [6, 6.07) is 8.37. The van der Waals surface area contributed by atoms with Gasteiger partial charge in [-0.25, -0.2) is 4.68 Å². The number of anilines is 2. The molecule has 0 radical (unpaired) electrons. The quantitative estimate of drug-likeness (QED) is 0.592. The van der Waals surface area contributed by atoms with E-state index in [2.05, 4.69) is 69.1 Å². The second-order valence-electron chi connectivity index (χ2n) is 9.14. The summed E-state index contributed by atoms with van der Waals surface area (Å²) in [5.41, 5.74) is 4.08. The molecule has 1 atom stereocenters. The van der Waals surface area contributed by atoms with Crippen molar-refractivity contribution >= 4 is 29.2 Å². The van der Waals surface area contributed by atoms with Crippen LogP contribution in [-0.4, -0.2) is 39.4 Å². The highest BCUT2D eigenvalue weighted by Crippen LogP contribution is 2.45. The Morgan fingerprint density at radius 2 is 1.87 bits per heavy atom. The molecule has 0 saturated heterocycles. The molecule has 1 aromatic heterocycles. The third-order valence-electron chi connectivity index (χ3n) is 6.09. The predicted molar refractivity (Wildman–Crippen MR) is 128 cm³/mol. The minimum absolute atomic E-state index is 0.0535. The molecule has 7 heteroatoms. The number of carbonyl (C=O) groups excluding carboxylic acids is 1. The van der Waals surface area contributed by atoms with E-state index in [1.165, 1.54) is 5.69 Å². The van der Waals surface area contributed by atoms with Crippen molar-refractivity contribution in [1.29, 1.82) is 0 Å². The highest BCUT2D eigenvalue weighted by molar-refractivity contribution is 7.99. The number of ketones is 1. The molecule has 1 aliphatic carbocycles. The Labute approximate surface area is 189 Å². The van der Waals surface area contributed by atoms with Crippen LogP contribution in [0.5, 0.6) is 0 Å². The Kier molecular flexibility index (Phi) is 6.15. The van der Waals surface area contributed by atoms with Crippen LogP contribution in [0.15, 0.2) is 40.7 Å². The smallest absolute Gasteiger partial charge is 0.227 e. The molecule has 2 aromatic rings. The van der Waals surface area contributed by atoms with E-state index >= 15 is 0 Å². The van der Waals surface area contributed by atoms with Crippen LogP contribution < -0.4 is 10.2 Å². The van der Waals surface area contributed by atoms with E-state index in [4.69, 9.17) is 10.1 Å². The Morgan fingerprint density at radius 3 is 2.52 bits per heavy atom. The summed E-state index contributed by atoms with van der Waals surface area (Å²) in [5, 5.41) is 9.03. The van der Waals surface area contributed by atoms with Gasteiger partial charge in [-0.15, -0.1) is 5.10 Å². The Balaban J connectivity index is 1.78. The molecule has 0 spiro atoms. The van der Waals surface area contributed by atoms with Gasteiger partial charge in [0.25, 0.3) is 0 Å². The summed E-state index contributed by atoms with van der Waals surface area (Å²) < 4.78 is 1.92. The number of hydrogen-bond acceptors (Lipinski definition) is 6. The van der Waals surface area contributed by atoms with Gasteiger partial charge < -0.3 is 10.2 Å². The van der Waals surface area contributed by atoms with Crippen LogP contribution in [0.25, 0.3) is 0 Å². The van der Waals surface area contributed by atoms with Crippen molar-refractivity contribution in [2.45, 2.75) is 65.1 Å². The first-order chi connectivity index (χ1) is 14.9. The number of aromatic nitrogens is 3. The van der Waals surface area contributed by atoms with Crippen LogP contribution in [0.3, 0.4) is 0 Å². The molecule has 0 bridgehead atoms. The Morgan fingerprint density at radius 1 is 1.16 bits per heavy atom. The molecule has 31 heavy (non-hydrogen) atoms. The molecule has 2 aliphatic rings. The summed E-state index contributed by atoms with van der Waals surface area (Å²) in [4.78, 5) is 20.4. The number of Topliss-reactive ketones (excluding diaryl/α,β-unsaturated/α-hetero) is 1. The first-order valence-corrected chi connectivity index (χ1v) is 12.3. The molecule has 1 aliphatic heterocycles. The first-order valence-electron chi connectivity index (χ1n) is 11.3. The zero-order valence-corrected chi connectivity index (χ0v) is 20.1. The summed E-state index contributed by atoms with van der Waals surface area (Å²) in [7, 11) is 0. The van der Waals surface area contributed by atoms with Crippen molar-refractivity contribution in [2.75, 3.05) is 29.1 Å². The molecule has 6 nitrogen and oxygen atoms in total. The van der Waals surface area contributed by atoms with Crippen LogP contribution in [0.1, 0.15) is 65.5 Å². The van der Waals surface area contributed by atoms with Gasteiger partial charge in [-0.2, -0.15) is 4.98 Å². The topological polar surface area (TPSA) is 63.1 Å². The third kappa shape index (κ3) is 4.25. The van der Waals surface area contributed by atoms with Crippen molar-refractivity contribution in [3.05, 3.63) is 41.1 Å². The summed E-state index contributed by atoms with van der Waals surface area (Å²) in [6.45, 7) is 12.7. The zero-order chi connectivity index (χ0) is 22.2. The molecule has 0 amide bonds. The van der Waals surface area contributed by atoms with Gasteiger partial charge in [-0.05, 0) is 49.8 Å². The number of nitrogens with one attached hydrogen (secondary N) is 1. The normalized spacial score (nSPS) is 19.6. The van der Waals surface area contributed by atoms with E-state index < -0.39 is 0 Å². The van der Waals surface area contributed by atoms with Crippen LogP contribution in [0, 0.1) is 5.41 Å². The van der Waals surface area contributed by atoms with Crippen molar-refractivity contribution in [2.24, 2.45) is 5.41 Å². The lowest BCUT2D eigenvalue weighted by Gasteiger charge is -2.38. The fraction of sp³-hybridized carbons (Fsp3) is 0.542. The third-order valence-corrected chi connectivity index (χ3v) is 7.13. The number of benzene rings is 1. The minimum atomic E-state index is -0.232. The van der Waals surface area contributed by atoms with Gasteiger partial charge in [-0.3, -0.25) is 4.79 Å². The molecule has 0 fully saturated rings. The fourth-order valence-corrected chi connectivity index (χ4v) is 5.29. The summed E-state index contributed by atoms with van der Waals surface area (Å²) in [6.07, 6.45) is 2.47. The van der Waals surface area contributed by atoms with E-state index in [9.17, 15) is 4.79 Å². The average Bonchev–Trinajstić information content (AvgIpc) is 3.13. The van der Waals surface area contributed by atoms with Gasteiger partial charge in [-0.1, -0.05) is 44.7 Å². The zero-order valence-electron chi connectivity index (χ0n) is 19.2. The average molecular weight is 440 g/mol. The Hall–Kier alpha value is -2.28. The Bertz CT molecular complexity index is 988. The lowest BCUT2D eigenvalue weighted by molar-refractivity contribution is -0.118. The monoisotopic (exact) mass is 439 g/mol. The molecular weight excluding hydrogens is 406 g/mol. The number of allylic oxidation sites excluding steroid dienone is 2. The van der Waals surface area contributed by atoms with Gasteiger partial charge in [0.05, 0.1) is 0 Å². The van der Waals surface area contributed by atoms with Gasteiger partial charge in [0.15, 0.2) is 5.78 Å². The number of carbonyl (C=O) groups is 1. The van der Waals surface area contributed by atoms with Gasteiger partial charge >= 0.3 is 0 Å².